The van der Waals surface area contributed by atoms with Gasteiger partial charge in [-0.05, 0) is 164 Å². The van der Waals surface area contributed by atoms with Crippen molar-refractivity contribution < 1.29 is 10.7 Å². The lowest BCUT2D eigenvalue weighted by atomic mass is 9.78. The van der Waals surface area contributed by atoms with Gasteiger partial charge in [-0.15, -0.1) is 0 Å². The summed E-state index contributed by atoms with van der Waals surface area (Å²) < 4.78 is 22.4. The number of H-pyrrole nitrogens is 1. The van der Waals surface area contributed by atoms with Crippen molar-refractivity contribution in [2.75, 3.05) is 0 Å². The summed E-state index contributed by atoms with van der Waals surface area (Å²) in [6.45, 7) is 8.37. The fourth-order valence-electron chi connectivity index (χ4n) is 11.9. The molecule has 0 spiro atoms. The fourth-order valence-corrected chi connectivity index (χ4v) is 12.3. The normalized spacial score (nSPS) is 14.3. The van der Waals surface area contributed by atoms with E-state index in [2.05, 4.69) is 273 Å². The molecule has 0 bridgehead atoms. The largest absolute Gasteiger partial charge is 0.494 e. The molecule has 1 N–H and O–H groups in total. The molecular formula is C69H55BBrN7O2. The highest BCUT2D eigenvalue weighted by molar-refractivity contribution is 9.10. The fraction of sp³-hybridized carbons (Fsp3) is 0.101. The van der Waals surface area contributed by atoms with Crippen LogP contribution in [0.4, 0.5) is 0 Å². The number of imidazole rings is 4. The SMILES string of the molecule is Brc1ccc2c(c1)n1c3ccccc3nc1n2-c1ccccc1.CC1(C)OB(c2ccc3c(c2)Cc2ccccc2-3)OC1(C)C.[HH].c1ccc(-n2c3ccc(-c4ccc5c(c4)[nH]c4ccccc45)cc3n3c4ccccc4nc23)cc1. The van der Waals surface area contributed by atoms with E-state index in [0.717, 1.165) is 88.9 Å². The third-order valence-electron chi connectivity index (χ3n) is 16.6. The van der Waals surface area contributed by atoms with Crippen molar-refractivity contribution in [3.05, 3.63) is 246 Å². The average Bonchev–Trinajstić information content (AvgIpc) is 4.55. The highest BCUT2D eigenvalue weighted by Gasteiger charge is 2.51. The van der Waals surface area contributed by atoms with E-state index in [9.17, 15) is 0 Å². The van der Waals surface area contributed by atoms with Gasteiger partial charge >= 0.3 is 7.12 Å². The first-order chi connectivity index (χ1) is 39.0. The van der Waals surface area contributed by atoms with Gasteiger partial charge in [0.1, 0.15) is 0 Å². The van der Waals surface area contributed by atoms with Gasteiger partial charge in [-0.1, -0.05) is 155 Å². The Bertz CT molecular complexity index is 4910. The first kappa shape index (κ1) is 48.2. The summed E-state index contributed by atoms with van der Waals surface area (Å²) in [6, 6.07) is 80.9. The van der Waals surface area contributed by atoms with Crippen LogP contribution in [0.5, 0.6) is 0 Å². The number of aromatic nitrogens is 7. The quantitative estimate of drug-likeness (QED) is 0.178. The molecule has 6 heterocycles. The minimum Gasteiger partial charge on any atom is -0.399 e. The van der Waals surface area contributed by atoms with Crippen LogP contribution in [-0.2, 0) is 15.7 Å². The van der Waals surface area contributed by atoms with E-state index in [1.54, 1.807) is 0 Å². The highest BCUT2D eigenvalue weighted by Crippen LogP contribution is 2.40. The molecule has 1 saturated heterocycles. The lowest BCUT2D eigenvalue weighted by Crippen LogP contribution is -2.41. The van der Waals surface area contributed by atoms with Gasteiger partial charge in [0.25, 0.3) is 0 Å². The standard InChI is InChI=1S/C31H20N4.C19H21BO2.C19H12BrN3.H2/c1-2-8-22(9-3-1)34-29-17-15-21(19-30(29)35-28-13-7-6-12-26(28)33-31(34)35)20-14-16-24-23-10-4-5-11-25(23)32-27(24)18-20;1-18(2)19(3,4)22-20(21-18)15-9-10-17-14(12-15)11-13-7-5-6-8-16(13)17;20-13-10-11-17-18(12-13)23-16-9-5-4-8-15(16)21-19(23)22(17)14-6-2-1-3-7-14;/h1-19,32H;5-10,12H,11H2,1-4H3;1-12H;1H. The zero-order valence-corrected chi connectivity index (χ0v) is 46.2. The predicted octanol–water partition coefficient (Wildman–Crippen LogP) is 16.7. The van der Waals surface area contributed by atoms with Gasteiger partial charge in [0.05, 0.1) is 55.3 Å². The van der Waals surface area contributed by atoms with E-state index in [1.807, 2.05) is 24.3 Å². The molecule has 80 heavy (non-hydrogen) atoms. The maximum absolute atomic E-state index is 6.16. The summed E-state index contributed by atoms with van der Waals surface area (Å²) in [4.78, 5) is 13.5. The molecule has 0 radical (unpaired) electrons. The van der Waals surface area contributed by atoms with Gasteiger partial charge in [0, 0.05) is 39.1 Å². The number of para-hydroxylation sites is 7. The lowest BCUT2D eigenvalue weighted by Gasteiger charge is -2.32. The van der Waals surface area contributed by atoms with Crippen LogP contribution in [0.15, 0.2) is 235 Å². The highest BCUT2D eigenvalue weighted by atomic mass is 79.9. The van der Waals surface area contributed by atoms with E-state index in [0.29, 0.717) is 0 Å². The summed E-state index contributed by atoms with van der Waals surface area (Å²) in [7, 11) is -0.279. The molecule has 1 aliphatic heterocycles. The van der Waals surface area contributed by atoms with Gasteiger partial charge < -0.3 is 14.3 Å². The molecule has 388 valence electrons. The molecular weight excluding hydrogens is 1050 g/mol. The van der Waals surface area contributed by atoms with Crippen molar-refractivity contribution in [3.8, 4) is 33.6 Å². The summed E-state index contributed by atoms with van der Waals surface area (Å²) in [6.07, 6.45) is 0.999. The number of aromatic amines is 1. The third-order valence-corrected chi connectivity index (χ3v) is 17.1. The lowest BCUT2D eigenvalue weighted by molar-refractivity contribution is 0.00578. The van der Waals surface area contributed by atoms with Crippen molar-refractivity contribution in [2.45, 2.75) is 45.3 Å². The molecule has 0 saturated carbocycles. The average molecular weight is 1100 g/mol. The number of halogens is 1. The topological polar surface area (TPSA) is 78.7 Å². The Balaban J connectivity index is 0.000000113. The molecule has 2 aliphatic rings. The second-order valence-corrected chi connectivity index (χ2v) is 22.8. The first-order valence-corrected chi connectivity index (χ1v) is 28.0. The number of nitrogens with zero attached hydrogens (tertiary/aromatic N) is 6. The van der Waals surface area contributed by atoms with Crippen molar-refractivity contribution >= 4 is 106 Å². The second-order valence-electron chi connectivity index (χ2n) is 21.9. The molecule has 5 aromatic heterocycles. The van der Waals surface area contributed by atoms with E-state index >= 15 is 0 Å². The Morgan fingerprint density at radius 1 is 0.450 bits per heavy atom. The molecule has 1 aliphatic carbocycles. The molecule has 10 aromatic carbocycles. The van der Waals surface area contributed by atoms with Crippen LogP contribution >= 0.6 is 15.9 Å². The van der Waals surface area contributed by atoms with Crippen molar-refractivity contribution in [3.63, 3.8) is 0 Å². The number of rotatable bonds is 4. The van der Waals surface area contributed by atoms with Crippen LogP contribution in [0.25, 0.3) is 111 Å². The molecule has 0 amide bonds. The Kier molecular flexibility index (Phi) is 11.2. The van der Waals surface area contributed by atoms with Crippen molar-refractivity contribution in [2.24, 2.45) is 0 Å². The Morgan fingerprint density at radius 2 is 0.975 bits per heavy atom. The third kappa shape index (κ3) is 7.82. The maximum Gasteiger partial charge on any atom is 0.494 e. The second kappa shape index (κ2) is 18.6. The van der Waals surface area contributed by atoms with Crippen molar-refractivity contribution in [1.29, 1.82) is 0 Å². The van der Waals surface area contributed by atoms with Gasteiger partial charge in [0.2, 0.25) is 11.6 Å². The zero-order chi connectivity index (χ0) is 53.9. The molecule has 9 nitrogen and oxygen atoms in total. The van der Waals surface area contributed by atoms with Crippen molar-refractivity contribution in [1.82, 2.24) is 32.9 Å². The van der Waals surface area contributed by atoms with Crippen LogP contribution in [-0.4, -0.2) is 51.2 Å². The predicted molar refractivity (Wildman–Crippen MR) is 334 cm³/mol. The smallest absolute Gasteiger partial charge is 0.399 e. The summed E-state index contributed by atoms with van der Waals surface area (Å²) in [5.74, 6) is 1.86. The van der Waals surface area contributed by atoms with Gasteiger partial charge in [-0.25, -0.2) is 9.97 Å². The molecule has 1 fully saturated rings. The van der Waals surface area contributed by atoms with Gasteiger partial charge in [0.15, 0.2) is 0 Å². The first-order valence-electron chi connectivity index (χ1n) is 27.2. The van der Waals surface area contributed by atoms with Gasteiger partial charge in [-0.2, -0.15) is 0 Å². The Morgan fingerprint density at radius 3 is 1.65 bits per heavy atom. The van der Waals surface area contributed by atoms with E-state index in [4.69, 9.17) is 19.3 Å². The molecule has 11 heteroatoms. The Labute approximate surface area is 472 Å². The number of fused-ring (bicyclic) bond motifs is 16. The van der Waals surface area contributed by atoms with Crippen LogP contribution < -0.4 is 5.46 Å². The summed E-state index contributed by atoms with van der Waals surface area (Å²) in [5, 5.41) is 2.51. The monoisotopic (exact) mass is 1100 g/mol. The van der Waals surface area contributed by atoms with Crippen LogP contribution in [0.1, 0.15) is 40.2 Å². The maximum atomic E-state index is 6.16. The number of hydrogen-bond acceptors (Lipinski definition) is 4. The van der Waals surface area contributed by atoms with E-state index in [1.165, 1.54) is 49.7 Å². The molecule has 0 atom stereocenters. The van der Waals surface area contributed by atoms with E-state index < -0.39 is 0 Å². The number of nitrogens with one attached hydrogen (secondary N) is 1. The molecule has 0 unspecified atom stereocenters. The van der Waals surface area contributed by atoms with Crippen LogP contribution in [0.2, 0.25) is 0 Å². The molecule has 15 aromatic rings. The number of hydrogen-bond donors (Lipinski definition) is 1. The van der Waals surface area contributed by atoms with E-state index in [-0.39, 0.29) is 19.7 Å². The number of benzene rings is 10. The summed E-state index contributed by atoms with van der Waals surface area (Å²) in [5.41, 5.74) is 21.8. The zero-order valence-electron chi connectivity index (χ0n) is 44.6. The molecule has 17 rings (SSSR count). The minimum absolute atomic E-state index is 0. The van der Waals surface area contributed by atoms with Crippen LogP contribution in [0.3, 0.4) is 0 Å². The summed E-state index contributed by atoms with van der Waals surface area (Å²) >= 11 is 3.59. The van der Waals surface area contributed by atoms with Gasteiger partial charge in [-0.3, -0.25) is 17.9 Å². The minimum atomic E-state index is -0.292. The van der Waals surface area contributed by atoms with Crippen LogP contribution in [0, 0.1) is 0 Å². The Hall–Kier alpha value is -9.00.